The van der Waals surface area contributed by atoms with Crippen LogP contribution < -0.4 is 14.8 Å². The van der Waals surface area contributed by atoms with Crippen molar-refractivity contribution in [3.8, 4) is 11.5 Å². The molecule has 0 saturated carbocycles. The summed E-state index contributed by atoms with van der Waals surface area (Å²) < 4.78 is 10.3. The van der Waals surface area contributed by atoms with Crippen LogP contribution in [0.1, 0.15) is 33.4 Å². The first kappa shape index (κ1) is 23.2. The number of nitrogens with one attached hydrogen (secondary N) is 1. The summed E-state index contributed by atoms with van der Waals surface area (Å²) in [6.07, 6.45) is 3.67. The first-order valence-corrected chi connectivity index (χ1v) is 11.4. The van der Waals surface area contributed by atoms with Gasteiger partial charge in [-0.05, 0) is 35.9 Å². The Kier molecular flexibility index (Phi) is 7.03. The fraction of sp³-hybridized carbons (Fsp3) is 0.200. The van der Waals surface area contributed by atoms with Gasteiger partial charge in [-0.3, -0.25) is 19.7 Å². The van der Waals surface area contributed by atoms with E-state index >= 15 is 0 Å². The zero-order valence-corrected chi connectivity index (χ0v) is 19.6. The largest absolute Gasteiger partial charge is 0.493 e. The lowest BCUT2D eigenvalue weighted by Crippen LogP contribution is -2.35. The van der Waals surface area contributed by atoms with Crippen LogP contribution in [-0.2, 0) is 22.6 Å². The highest BCUT2D eigenvalue weighted by atomic mass is 32.1. The van der Waals surface area contributed by atoms with Crippen LogP contribution in [0, 0.1) is 0 Å². The molecule has 174 valence electrons. The number of rotatable bonds is 6. The first-order valence-electron chi connectivity index (χ1n) is 10.6. The summed E-state index contributed by atoms with van der Waals surface area (Å²) in [6.45, 7) is 2.37. The molecule has 2 amide bonds. The van der Waals surface area contributed by atoms with Gasteiger partial charge in [0, 0.05) is 36.4 Å². The molecule has 2 aromatic carbocycles. The molecular formula is C25H23N3O5S. The number of thiazole rings is 1. The van der Waals surface area contributed by atoms with Crippen molar-refractivity contribution in [2.45, 2.75) is 19.9 Å². The van der Waals surface area contributed by atoms with Crippen LogP contribution in [0.15, 0.2) is 54.6 Å². The lowest BCUT2D eigenvalue weighted by Gasteiger charge is -2.26. The summed E-state index contributed by atoms with van der Waals surface area (Å²) in [5.41, 5.74) is 2.27. The predicted molar refractivity (Wildman–Crippen MR) is 129 cm³/mol. The number of hydrogen-bond acceptors (Lipinski definition) is 7. The van der Waals surface area contributed by atoms with E-state index in [1.54, 1.807) is 29.2 Å². The molecule has 8 nitrogen and oxygen atoms in total. The fourth-order valence-electron chi connectivity index (χ4n) is 3.53. The number of ether oxygens (including phenoxy) is 2. The topological polar surface area (TPSA) is 97.8 Å². The summed E-state index contributed by atoms with van der Waals surface area (Å²) >= 11 is 1.38. The Bertz CT molecular complexity index is 1250. The number of hydrogen-bond donors (Lipinski definition) is 1. The highest BCUT2D eigenvalue weighted by Gasteiger charge is 2.25. The molecular weight excluding hydrogens is 454 g/mol. The lowest BCUT2D eigenvalue weighted by molar-refractivity contribution is -0.132. The Morgan fingerprint density at radius 2 is 1.91 bits per heavy atom. The van der Waals surface area contributed by atoms with Crippen molar-refractivity contribution in [1.29, 1.82) is 0 Å². The molecule has 3 aromatic rings. The third-order valence-corrected chi connectivity index (χ3v) is 6.14. The van der Waals surface area contributed by atoms with Gasteiger partial charge < -0.3 is 14.4 Å². The maximum absolute atomic E-state index is 12.7. The molecule has 1 aliphatic rings. The average molecular weight is 478 g/mol. The third kappa shape index (κ3) is 5.49. The molecule has 1 aromatic heterocycles. The molecule has 1 aliphatic heterocycles. The Balaban J connectivity index is 1.39. The van der Waals surface area contributed by atoms with Gasteiger partial charge in [-0.15, -0.1) is 0 Å². The normalized spacial score (nSPS) is 12.8. The third-order valence-electron chi connectivity index (χ3n) is 5.14. The van der Waals surface area contributed by atoms with Gasteiger partial charge in [-0.2, -0.15) is 0 Å². The Hall–Kier alpha value is -3.98. The van der Waals surface area contributed by atoms with Gasteiger partial charge >= 0.3 is 5.97 Å². The maximum Gasteiger partial charge on any atom is 0.308 e. The molecule has 4 rings (SSSR count). The fourth-order valence-corrected chi connectivity index (χ4v) is 4.56. The number of nitrogens with zero attached hydrogens (tertiary/aromatic N) is 2. The van der Waals surface area contributed by atoms with E-state index in [0.717, 1.165) is 10.6 Å². The second kappa shape index (κ2) is 10.3. The average Bonchev–Trinajstić information content (AvgIpc) is 3.24. The van der Waals surface area contributed by atoms with Crippen molar-refractivity contribution in [3.05, 3.63) is 76.3 Å². The van der Waals surface area contributed by atoms with Gasteiger partial charge in [-0.1, -0.05) is 35.6 Å². The number of aromatic nitrogens is 1. The minimum Gasteiger partial charge on any atom is -0.493 e. The highest BCUT2D eigenvalue weighted by molar-refractivity contribution is 7.15. The summed E-state index contributed by atoms with van der Waals surface area (Å²) in [7, 11) is 1.47. The molecule has 1 N–H and O–H groups in total. The van der Waals surface area contributed by atoms with E-state index in [1.165, 1.54) is 31.4 Å². The van der Waals surface area contributed by atoms with Gasteiger partial charge in [0.15, 0.2) is 16.6 Å². The van der Waals surface area contributed by atoms with E-state index < -0.39 is 5.97 Å². The molecule has 34 heavy (non-hydrogen) atoms. The number of carbonyl (C=O) groups is 3. The standard InChI is InChI=1S/C25H23N3O5S/c1-16(29)33-20-10-8-17(14-21(20)32-2)9-11-23(30)27-25-26-19-12-13-28(15-22(19)34-25)24(31)18-6-4-3-5-7-18/h3-11,14H,12-13,15H2,1-2H3,(H,26,27,30)/b11-9+. The molecule has 0 spiro atoms. The van der Waals surface area contributed by atoms with Crippen molar-refractivity contribution in [1.82, 2.24) is 9.88 Å². The number of carbonyl (C=O) groups excluding carboxylic acids is 3. The quantitative estimate of drug-likeness (QED) is 0.328. The lowest BCUT2D eigenvalue weighted by atomic mass is 10.1. The number of amides is 2. The van der Waals surface area contributed by atoms with Crippen LogP contribution in [-0.4, -0.2) is 41.3 Å². The number of benzene rings is 2. The van der Waals surface area contributed by atoms with Gasteiger partial charge in [0.25, 0.3) is 5.91 Å². The van der Waals surface area contributed by atoms with Crippen molar-refractivity contribution in [2.75, 3.05) is 19.0 Å². The smallest absolute Gasteiger partial charge is 0.308 e. The molecule has 0 fully saturated rings. The van der Waals surface area contributed by atoms with Crippen LogP contribution in [0.5, 0.6) is 11.5 Å². The second-order valence-corrected chi connectivity index (χ2v) is 8.64. The second-order valence-electron chi connectivity index (χ2n) is 7.56. The molecule has 0 radical (unpaired) electrons. The van der Waals surface area contributed by atoms with Gasteiger partial charge in [0.2, 0.25) is 5.91 Å². The molecule has 2 heterocycles. The van der Waals surface area contributed by atoms with E-state index in [1.807, 2.05) is 30.3 Å². The van der Waals surface area contributed by atoms with Crippen LogP contribution in [0.25, 0.3) is 6.08 Å². The van der Waals surface area contributed by atoms with Crippen LogP contribution in [0.4, 0.5) is 5.13 Å². The van der Waals surface area contributed by atoms with E-state index in [2.05, 4.69) is 10.3 Å². The number of anilines is 1. The highest BCUT2D eigenvalue weighted by Crippen LogP contribution is 2.30. The summed E-state index contributed by atoms with van der Waals surface area (Å²) in [5, 5.41) is 3.29. The number of methoxy groups -OCH3 is 1. The Morgan fingerprint density at radius 3 is 2.65 bits per heavy atom. The minimum atomic E-state index is -0.445. The Labute approximate surface area is 200 Å². The minimum absolute atomic E-state index is 0.0108. The predicted octanol–water partition coefficient (Wildman–Crippen LogP) is 3.93. The van der Waals surface area contributed by atoms with Crippen LogP contribution in [0.3, 0.4) is 0 Å². The van der Waals surface area contributed by atoms with Crippen LogP contribution >= 0.6 is 11.3 Å². The van der Waals surface area contributed by atoms with Crippen molar-refractivity contribution in [3.63, 3.8) is 0 Å². The molecule has 0 aliphatic carbocycles. The SMILES string of the molecule is COc1cc(/C=C/C(=O)Nc2nc3c(s2)CN(C(=O)c2ccccc2)CC3)ccc1OC(C)=O. The summed E-state index contributed by atoms with van der Waals surface area (Å²) in [6, 6.07) is 14.2. The van der Waals surface area contributed by atoms with Crippen molar-refractivity contribution >= 4 is 40.3 Å². The van der Waals surface area contributed by atoms with E-state index in [-0.39, 0.29) is 11.8 Å². The number of esters is 1. The monoisotopic (exact) mass is 477 g/mol. The van der Waals surface area contributed by atoms with Gasteiger partial charge in [0.1, 0.15) is 0 Å². The maximum atomic E-state index is 12.7. The van der Waals surface area contributed by atoms with Gasteiger partial charge in [-0.25, -0.2) is 4.98 Å². The summed E-state index contributed by atoms with van der Waals surface area (Å²) in [5.74, 6) is -0.0842. The number of fused-ring (bicyclic) bond motifs is 1. The van der Waals surface area contributed by atoms with Gasteiger partial charge in [0.05, 0.1) is 19.3 Å². The van der Waals surface area contributed by atoms with Crippen molar-refractivity contribution < 1.29 is 23.9 Å². The van der Waals surface area contributed by atoms with E-state index in [4.69, 9.17) is 9.47 Å². The van der Waals surface area contributed by atoms with E-state index in [9.17, 15) is 14.4 Å². The molecule has 0 bridgehead atoms. The zero-order chi connectivity index (χ0) is 24.1. The molecule has 9 heteroatoms. The van der Waals surface area contributed by atoms with Crippen LogP contribution in [0.2, 0.25) is 0 Å². The first-order chi connectivity index (χ1) is 16.4. The summed E-state index contributed by atoms with van der Waals surface area (Å²) in [4.78, 5) is 43.6. The van der Waals surface area contributed by atoms with Crippen molar-refractivity contribution in [2.24, 2.45) is 0 Å². The molecule has 0 saturated heterocycles. The molecule has 0 atom stereocenters. The molecule has 0 unspecified atom stereocenters. The Morgan fingerprint density at radius 1 is 1.12 bits per heavy atom. The van der Waals surface area contributed by atoms with E-state index in [0.29, 0.717) is 47.3 Å². The zero-order valence-electron chi connectivity index (χ0n) is 18.7.